The van der Waals surface area contributed by atoms with Crippen LogP contribution in [0.3, 0.4) is 0 Å². The molecule has 1 amide bonds. The Morgan fingerprint density at radius 2 is 1.93 bits per heavy atom. The molecule has 2 aromatic rings. The molecule has 0 radical (unpaired) electrons. The Morgan fingerprint density at radius 1 is 1.15 bits per heavy atom. The molecule has 1 aliphatic carbocycles. The summed E-state index contributed by atoms with van der Waals surface area (Å²) in [7, 11) is -3.03. The van der Waals surface area contributed by atoms with E-state index in [2.05, 4.69) is 4.98 Å². The maximum absolute atomic E-state index is 13.1. The SMILES string of the molecule is O=C(CSc1nc2ccccc2o1)N(C1CCCCC1)[C@H]1CCS(=O)(=O)C1. The first kappa shape index (κ1) is 18.8. The van der Waals surface area contributed by atoms with E-state index < -0.39 is 9.84 Å². The molecule has 1 saturated heterocycles. The molecule has 2 aliphatic rings. The number of benzene rings is 1. The smallest absolute Gasteiger partial charge is 0.257 e. The van der Waals surface area contributed by atoms with Crippen molar-refractivity contribution in [2.75, 3.05) is 17.3 Å². The second kappa shape index (κ2) is 7.83. The predicted octanol–water partition coefficient (Wildman–Crippen LogP) is 3.27. The Hall–Kier alpha value is -1.54. The van der Waals surface area contributed by atoms with Gasteiger partial charge in [0, 0.05) is 12.1 Å². The second-order valence-electron chi connectivity index (χ2n) is 7.39. The average molecular weight is 409 g/mol. The maximum Gasteiger partial charge on any atom is 0.257 e. The van der Waals surface area contributed by atoms with Gasteiger partial charge < -0.3 is 9.32 Å². The van der Waals surface area contributed by atoms with Crippen molar-refractivity contribution in [1.82, 2.24) is 9.88 Å². The van der Waals surface area contributed by atoms with Gasteiger partial charge in [-0.15, -0.1) is 0 Å². The molecule has 2 heterocycles. The molecule has 0 N–H and O–H groups in total. The van der Waals surface area contributed by atoms with Gasteiger partial charge in [0.1, 0.15) is 5.52 Å². The molecule has 0 spiro atoms. The molecule has 1 aromatic carbocycles. The third-order valence-corrected chi connectivity index (χ3v) is 8.01. The van der Waals surface area contributed by atoms with E-state index in [0.717, 1.165) is 31.2 Å². The van der Waals surface area contributed by atoms with E-state index in [4.69, 9.17) is 4.42 Å². The number of rotatable bonds is 5. The molecule has 2 fully saturated rings. The average Bonchev–Trinajstić information content (AvgIpc) is 3.23. The summed E-state index contributed by atoms with van der Waals surface area (Å²) in [5, 5.41) is 0.479. The number of para-hydroxylation sites is 2. The van der Waals surface area contributed by atoms with Gasteiger partial charge in [0.2, 0.25) is 5.91 Å². The number of nitrogens with zero attached hydrogens (tertiary/aromatic N) is 2. The highest BCUT2D eigenvalue weighted by molar-refractivity contribution is 7.99. The summed E-state index contributed by atoms with van der Waals surface area (Å²) in [4.78, 5) is 19.4. The van der Waals surface area contributed by atoms with E-state index in [-0.39, 0.29) is 35.2 Å². The highest BCUT2D eigenvalue weighted by Crippen LogP contribution is 2.30. The third kappa shape index (κ3) is 4.32. The minimum Gasteiger partial charge on any atom is -0.431 e. The van der Waals surface area contributed by atoms with Gasteiger partial charge in [0.25, 0.3) is 5.22 Å². The normalized spacial score (nSPS) is 22.9. The first-order valence-corrected chi connectivity index (χ1v) is 12.3. The van der Waals surface area contributed by atoms with Crippen LogP contribution in [0.5, 0.6) is 0 Å². The lowest BCUT2D eigenvalue weighted by molar-refractivity contribution is -0.133. The summed E-state index contributed by atoms with van der Waals surface area (Å²) < 4.78 is 29.6. The summed E-state index contributed by atoms with van der Waals surface area (Å²) >= 11 is 1.29. The largest absolute Gasteiger partial charge is 0.431 e. The molecule has 4 rings (SSSR count). The van der Waals surface area contributed by atoms with Crippen molar-refractivity contribution in [2.24, 2.45) is 0 Å². The Labute approximate surface area is 163 Å². The van der Waals surface area contributed by atoms with Crippen molar-refractivity contribution in [3.05, 3.63) is 24.3 Å². The molecule has 1 aliphatic heterocycles. The van der Waals surface area contributed by atoms with Crippen LogP contribution in [-0.2, 0) is 14.6 Å². The zero-order chi connectivity index (χ0) is 18.9. The number of sulfone groups is 1. The van der Waals surface area contributed by atoms with Gasteiger partial charge in [0.15, 0.2) is 15.4 Å². The summed E-state index contributed by atoms with van der Waals surface area (Å²) in [5.41, 5.74) is 1.48. The third-order valence-electron chi connectivity index (χ3n) is 5.45. The first-order valence-electron chi connectivity index (χ1n) is 9.52. The second-order valence-corrected chi connectivity index (χ2v) is 10.5. The Kier molecular flexibility index (Phi) is 5.45. The number of hydrogen-bond donors (Lipinski definition) is 0. The van der Waals surface area contributed by atoms with Crippen molar-refractivity contribution in [1.29, 1.82) is 0 Å². The Bertz CT molecular complexity index is 886. The lowest BCUT2D eigenvalue weighted by Gasteiger charge is -2.38. The van der Waals surface area contributed by atoms with Crippen molar-refractivity contribution < 1.29 is 17.6 Å². The highest BCUT2D eigenvalue weighted by atomic mass is 32.2. The number of thioether (sulfide) groups is 1. The summed E-state index contributed by atoms with van der Waals surface area (Å²) in [6.45, 7) is 0. The van der Waals surface area contributed by atoms with Gasteiger partial charge in [-0.1, -0.05) is 43.2 Å². The van der Waals surface area contributed by atoms with Crippen LogP contribution >= 0.6 is 11.8 Å². The summed E-state index contributed by atoms with van der Waals surface area (Å²) in [6, 6.07) is 7.49. The number of carbonyl (C=O) groups excluding carboxylic acids is 1. The van der Waals surface area contributed by atoms with Crippen LogP contribution in [0.2, 0.25) is 0 Å². The minimum atomic E-state index is -3.03. The fraction of sp³-hybridized carbons (Fsp3) is 0.579. The molecule has 0 unspecified atom stereocenters. The van der Waals surface area contributed by atoms with E-state index >= 15 is 0 Å². The fourth-order valence-corrected chi connectivity index (χ4v) is 6.59. The van der Waals surface area contributed by atoms with E-state index in [0.29, 0.717) is 17.2 Å². The lowest BCUT2D eigenvalue weighted by Crippen LogP contribution is -2.49. The molecule has 27 heavy (non-hydrogen) atoms. The van der Waals surface area contributed by atoms with Crippen LogP contribution in [-0.4, -0.2) is 53.6 Å². The van der Waals surface area contributed by atoms with E-state index in [1.807, 2.05) is 29.2 Å². The fourth-order valence-electron chi connectivity index (χ4n) is 4.17. The molecule has 0 bridgehead atoms. The molecular weight excluding hydrogens is 384 g/mol. The van der Waals surface area contributed by atoms with Gasteiger partial charge in [0.05, 0.1) is 17.3 Å². The van der Waals surface area contributed by atoms with E-state index in [9.17, 15) is 13.2 Å². The molecule has 146 valence electrons. The van der Waals surface area contributed by atoms with Gasteiger partial charge in [-0.05, 0) is 31.4 Å². The summed E-state index contributed by atoms with van der Waals surface area (Å²) in [6.07, 6.45) is 5.89. The van der Waals surface area contributed by atoms with Crippen molar-refractivity contribution in [2.45, 2.75) is 55.8 Å². The van der Waals surface area contributed by atoms with Crippen LogP contribution in [0.15, 0.2) is 33.9 Å². The van der Waals surface area contributed by atoms with Crippen LogP contribution in [0, 0.1) is 0 Å². The molecule has 6 nitrogen and oxygen atoms in total. The van der Waals surface area contributed by atoms with E-state index in [1.54, 1.807) is 0 Å². The number of oxazole rings is 1. The Balaban J connectivity index is 1.47. The first-order chi connectivity index (χ1) is 13.0. The van der Waals surface area contributed by atoms with Gasteiger partial charge in [-0.25, -0.2) is 13.4 Å². The monoisotopic (exact) mass is 408 g/mol. The molecule has 1 saturated carbocycles. The van der Waals surface area contributed by atoms with E-state index in [1.165, 1.54) is 18.2 Å². The minimum absolute atomic E-state index is 0.00347. The number of amides is 1. The number of aromatic nitrogens is 1. The number of hydrogen-bond acceptors (Lipinski definition) is 6. The lowest BCUT2D eigenvalue weighted by atomic mass is 9.93. The van der Waals surface area contributed by atoms with Crippen molar-refractivity contribution in [3.63, 3.8) is 0 Å². The quantitative estimate of drug-likeness (QED) is 0.707. The number of carbonyl (C=O) groups is 1. The highest BCUT2D eigenvalue weighted by Gasteiger charge is 2.38. The van der Waals surface area contributed by atoms with Crippen LogP contribution in [0.1, 0.15) is 38.5 Å². The zero-order valence-corrected chi connectivity index (χ0v) is 16.8. The molecule has 8 heteroatoms. The molecule has 1 atom stereocenters. The van der Waals surface area contributed by atoms with Crippen LogP contribution in [0.25, 0.3) is 11.1 Å². The van der Waals surface area contributed by atoms with Crippen LogP contribution in [0.4, 0.5) is 0 Å². The molecular formula is C19H24N2O4S2. The van der Waals surface area contributed by atoms with Crippen molar-refractivity contribution >= 4 is 38.6 Å². The van der Waals surface area contributed by atoms with Gasteiger partial charge in [-0.3, -0.25) is 4.79 Å². The topological polar surface area (TPSA) is 80.5 Å². The van der Waals surface area contributed by atoms with Crippen molar-refractivity contribution in [3.8, 4) is 0 Å². The standard InChI is InChI=1S/C19H24N2O4S2/c22-18(12-26-19-20-16-8-4-5-9-17(16)25-19)21(14-6-2-1-3-7-14)15-10-11-27(23,24)13-15/h4-5,8-9,14-15H,1-3,6-7,10-13H2/t15-/m0/s1. The zero-order valence-electron chi connectivity index (χ0n) is 15.2. The van der Waals surface area contributed by atoms with Crippen LogP contribution < -0.4 is 0 Å². The molecule has 1 aromatic heterocycles. The maximum atomic E-state index is 13.1. The number of fused-ring (bicyclic) bond motifs is 1. The summed E-state index contributed by atoms with van der Waals surface area (Å²) in [5.74, 6) is 0.506. The Morgan fingerprint density at radius 3 is 2.63 bits per heavy atom. The van der Waals surface area contributed by atoms with Gasteiger partial charge in [-0.2, -0.15) is 0 Å². The predicted molar refractivity (Wildman–Crippen MR) is 106 cm³/mol. The van der Waals surface area contributed by atoms with Gasteiger partial charge >= 0.3 is 0 Å².